The van der Waals surface area contributed by atoms with Gasteiger partial charge < -0.3 is 4.90 Å². The van der Waals surface area contributed by atoms with Crippen molar-refractivity contribution >= 4 is 5.82 Å². The van der Waals surface area contributed by atoms with Crippen molar-refractivity contribution in [1.82, 2.24) is 19.7 Å². The summed E-state index contributed by atoms with van der Waals surface area (Å²) in [7, 11) is 6.11. The molecule has 0 saturated carbocycles. The molecular weight excluding hydrogens is 286 g/mol. The number of hydrogen-bond acceptors (Lipinski definition) is 4. The van der Waals surface area contributed by atoms with Crippen molar-refractivity contribution in [2.45, 2.75) is 39.3 Å². The highest BCUT2D eigenvalue weighted by Gasteiger charge is 2.28. The molecule has 1 atom stereocenters. The molecule has 23 heavy (non-hydrogen) atoms. The molecule has 0 aliphatic carbocycles. The van der Waals surface area contributed by atoms with Gasteiger partial charge in [0.15, 0.2) is 0 Å². The minimum atomic E-state index is 0.482. The van der Waals surface area contributed by atoms with Crippen molar-refractivity contribution in [3.8, 4) is 0 Å². The number of aromatic nitrogens is 3. The topological polar surface area (TPSA) is 37.2 Å². The summed E-state index contributed by atoms with van der Waals surface area (Å²) < 4.78 is 1.99. The van der Waals surface area contributed by atoms with Crippen LogP contribution in [0.5, 0.6) is 0 Å². The molecule has 0 amide bonds. The van der Waals surface area contributed by atoms with Gasteiger partial charge in [0.05, 0.1) is 5.69 Å². The third-order valence-electron chi connectivity index (χ3n) is 5.00. The Hall–Kier alpha value is -1.88. The van der Waals surface area contributed by atoms with Crippen molar-refractivity contribution in [3.05, 3.63) is 40.8 Å². The summed E-state index contributed by atoms with van der Waals surface area (Å²) in [4.78, 5) is 9.10. The molecule has 1 aliphatic heterocycles. The van der Waals surface area contributed by atoms with Gasteiger partial charge in [-0.25, -0.2) is 4.98 Å². The first-order valence-corrected chi connectivity index (χ1v) is 8.33. The predicted octanol–water partition coefficient (Wildman–Crippen LogP) is 2.84. The molecule has 0 aromatic carbocycles. The maximum atomic E-state index is 4.56. The first-order valence-electron chi connectivity index (χ1n) is 8.33. The second-order valence-corrected chi connectivity index (χ2v) is 6.74. The van der Waals surface area contributed by atoms with Gasteiger partial charge in [-0.2, -0.15) is 5.10 Å². The highest BCUT2D eigenvalue weighted by atomic mass is 15.3. The lowest BCUT2D eigenvalue weighted by Gasteiger charge is -2.26. The second kappa shape index (κ2) is 6.32. The lowest BCUT2D eigenvalue weighted by molar-refractivity contribution is 0.247. The molecule has 1 saturated heterocycles. The van der Waals surface area contributed by atoms with Crippen molar-refractivity contribution in [1.29, 1.82) is 0 Å². The van der Waals surface area contributed by atoms with E-state index in [2.05, 4.69) is 45.9 Å². The van der Waals surface area contributed by atoms with Gasteiger partial charge in [0.25, 0.3) is 0 Å². The summed E-state index contributed by atoms with van der Waals surface area (Å²) in [6.07, 6.45) is 4.40. The SMILES string of the molecule is Cc1nn(C)c(C)c1CN1CCCC1c1ccnc(N(C)C)c1. The van der Waals surface area contributed by atoms with Gasteiger partial charge in [0, 0.05) is 51.2 Å². The lowest BCUT2D eigenvalue weighted by atomic mass is 10.0. The zero-order valence-electron chi connectivity index (χ0n) is 14.9. The van der Waals surface area contributed by atoms with Crippen LogP contribution in [0.4, 0.5) is 5.82 Å². The van der Waals surface area contributed by atoms with E-state index in [9.17, 15) is 0 Å². The Balaban J connectivity index is 1.84. The van der Waals surface area contributed by atoms with E-state index < -0.39 is 0 Å². The Kier molecular flexibility index (Phi) is 4.39. The number of aryl methyl sites for hydroxylation is 2. The molecule has 3 heterocycles. The van der Waals surface area contributed by atoms with Crippen molar-refractivity contribution in [2.75, 3.05) is 25.5 Å². The van der Waals surface area contributed by atoms with E-state index >= 15 is 0 Å². The smallest absolute Gasteiger partial charge is 0.128 e. The van der Waals surface area contributed by atoms with Crippen LogP contribution >= 0.6 is 0 Å². The summed E-state index contributed by atoms with van der Waals surface area (Å²) in [6.45, 7) is 6.41. The van der Waals surface area contributed by atoms with Gasteiger partial charge in [0.2, 0.25) is 0 Å². The van der Waals surface area contributed by atoms with Gasteiger partial charge in [-0.1, -0.05) is 0 Å². The van der Waals surface area contributed by atoms with Gasteiger partial charge in [-0.05, 0) is 50.9 Å². The van der Waals surface area contributed by atoms with Gasteiger partial charge in [-0.15, -0.1) is 0 Å². The standard InChI is InChI=1S/C18H27N5/c1-13-16(14(2)22(5)20-13)12-23-10-6-7-17(23)15-8-9-19-18(11-15)21(3)4/h8-9,11,17H,6-7,10,12H2,1-5H3. The van der Waals surface area contributed by atoms with Crippen LogP contribution in [0, 0.1) is 13.8 Å². The monoisotopic (exact) mass is 313 g/mol. The van der Waals surface area contributed by atoms with Crippen LogP contribution in [0.25, 0.3) is 0 Å². The zero-order valence-corrected chi connectivity index (χ0v) is 14.9. The first-order chi connectivity index (χ1) is 11.0. The summed E-state index contributed by atoms with van der Waals surface area (Å²) in [6, 6.07) is 4.88. The minimum absolute atomic E-state index is 0.482. The van der Waals surface area contributed by atoms with E-state index in [0.29, 0.717) is 6.04 Å². The summed E-state index contributed by atoms with van der Waals surface area (Å²) in [5.41, 5.74) is 5.18. The normalized spacial score (nSPS) is 18.6. The Morgan fingerprint density at radius 1 is 1.30 bits per heavy atom. The predicted molar refractivity (Wildman–Crippen MR) is 93.6 cm³/mol. The molecule has 1 aliphatic rings. The summed E-state index contributed by atoms with van der Waals surface area (Å²) in [5, 5.41) is 4.56. The van der Waals surface area contributed by atoms with Crippen LogP contribution in [0.3, 0.4) is 0 Å². The van der Waals surface area contributed by atoms with Gasteiger partial charge >= 0.3 is 0 Å². The molecule has 0 radical (unpaired) electrons. The summed E-state index contributed by atoms with van der Waals surface area (Å²) >= 11 is 0. The number of hydrogen-bond donors (Lipinski definition) is 0. The van der Waals surface area contributed by atoms with E-state index in [0.717, 1.165) is 24.6 Å². The highest BCUT2D eigenvalue weighted by Crippen LogP contribution is 2.34. The molecule has 124 valence electrons. The number of nitrogens with zero attached hydrogens (tertiary/aromatic N) is 5. The Labute approximate surface area is 138 Å². The Morgan fingerprint density at radius 3 is 2.74 bits per heavy atom. The van der Waals surface area contributed by atoms with E-state index in [1.165, 1.54) is 29.7 Å². The van der Waals surface area contributed by atoms with Crippen LogP contribution in [0.15, 0.2) is 18.3 Å². The highest BCUT2D eigenvalue weighted by molar-refractivity contribution is 5.40. The maximum absolute atomic E-state index is 4.56. The number of likely N-dealkylation sites (tertiary alicyclic amines) is 1. The van der Waals surface area contributed by atoms with Gasteiger partial charge in [-0.3, -0.25) is 9.58 Å². The molecule has 5 nitrogen and oxygen atoms in total. The lowest BCUT2D eigenvalue weighted by Crippen LogP contribution is -2.24. The third-order valence-corrected chi connectivity index (χ3v) is 5.00. The van der Waals surface area contributed by atoms with E-state index in [1.54, 1.807) is 0 Å². The van der Waals surface area contributed by atoms with E-state index in [1.807, 2.05) is 32.0 Å². The van der Waals surface area contributed by atoms with E-state index in [-0.39, 0.29) is 0 Å². The van der Waals surface area contributed by atoms with Crippen molar-refractivity contribution in [2.24, 2.45) is 7.05 Å². The molecule has 2 aromatic heterocycles. The van der Waals surface area contributed by atoms with Crippen LogP contribution in [0.2, 0.25) is 0 Å². The molecule has 1 unspecified atom stereocenters. The molecule has 2 aromatic rings. The molecule has 0 N–H and O–H groups in total. The first kappa shape index (κ1) is 16.0. The number of rotatable bonds is 4. The fourth-order valence-electron chi connectivity index (χ4n) is 3.53. The third kappa shape index (κ3) is 3.11. The number of anilines is 1. The average molecular weight is 313 g/mol. The maximum Gasteiger partial charge on any atom is 0.128 e. The zero-order chi connectivity index (χ0) is 16.6. The Bertz CT molecular complexity index is 689. The van der Waals surface area contributed by atoms with E-state index in [4.69, 9.17) is 0 Å². The molecule has 3 rings (SSSR count). The molecule has 0 spiro atoms. The van der Waals surface area contributed by atoms with Crippen LogP contribution in [0.1, 0.15) is 41.4 Å². The van der Waals surface area contributed by atoms with Crippen LogP contribution in [-0.2, 0) is 13.6 Å². The molecular formula is C18H27N5. The fourth-order valence-corrected chi connectivity index (χ4v) is 3.53. The second-order valence-electron chi connectivity index (χ2n) is 6.74. The van der Waals surface area contributed by atoms with Gasteiger partial charge in [0.1, 0.15) is 5.82 Å². The fraction of sp³-hybridized carbons (Fsp3) is 0.556. The summed E-state index contributed by atoms with van der Waals surface area (Å²) in [5.74, 6) is 1.03. The van der Waals surface area contributed by atoms with Crippen LogP contribution in [-0.4, -0.2) is 40.3 Å². The average Bonchev–Trinajstić information content (AvgIpc) is 3.08. The molecule has 1 fully saturated rings. The number of pyridine rings is 1. The van der Waals surface area contributed by atoms with Crippen LogP contribution < -0.4 is 4.90 Å². The Morgan fingerprint density at radius 2 is 2.09 bits per heavy atom. The molecule has 0 bridgehead atoms. The van der Waals surface area contributed by atoms with Crippen molar-refractivity contribution < 1.29 is 0 Å². The minimum Gasteiger partial charge on any atom is -0.363 e. The molecule has 5 heteroatoms. The quantitative estimate of drug-likeness (QED) is 0.870. The van der Waals surface area contributed by atoms with Crippen molar-refractivity contribution in [3.63, 3.8) is 0 Å². The largest absolute Gasteiger partial charge is 0.363 e.